The molecule has 12 nitrogen and oxygen atoms in total. The number of rotatable bonds is 4. The molecule has 7 atom stereocenters. The van der Waals surface area contributed by atoms with E-state index in [1.165, 1.54) is 15.9 Å². The first-order valence-corrected chi connectivity index (χ1v) is 18.0. The fourth-order valence-corrected chi connectivity index (χ4v) is 8.46. The summed E-state index contributed by atoms with van der Waals surface area (Å²) in [6.07, 6.45) is 5.48. The van der Waals surface area contributed by atoms with Crippen LogP contribution in [0.1, 0.15) is 76.8 Å². The van der Waals surface area contributed by atoms with E-state index in [2.05, 4.69) is 17.0 Å². The Morgan fingerprint density at radius 1 is 1.15 bits per heavy atom. The molecule has 3 heterocycles. The summed E-state index contributed by atoms with van der Waals surface area (Å²) < 4.78 is 47.3. The number of hydrogen-bond donors (Lipinski definition) is 3. The molecule has 256 valence electrons. The van der Waals surface area contributed by atoms with Crippen molar-refractivity contribution in [1.29, 1.82) is 0 Å². The first kappa shape index (κ1) is 33.4. The fraction of sp³-hybridized carbons (Fsp3) is 0.636. The Morgan fingerprint density at radius 2 is 1.89 bits per heavy atom. The van der Waals surface area contributed by atoms with E-state index < -0.39 is 74.0 Å². The second kappa shape index (κ2) is 12.2. The van der Waals surface area contributed by atoms with Gasteiger partial charge in [-0.2, -0.15) is 0 Å². The van der Waals surface area contributed by atoms with Gasteiger partial charge in [-0.1, -0.05) is 38.1 Å². The number of ether oxygens (including phenoxy) is 1. The van der Waals surface area contributed by atoms with Crippen LogP contribution in [0.5, 0.6) is 0 Å². The van der Waals surface area contributed by atoms with Crippen molar-refractivity contribution in [2.75, 3.05) is 6.54 Å². The number of amides is 4. The minimum absolute atomic E-state index is 0.0369. The topological polar surface area (TPSA) is 168 Å². The SMILES string of the molecule is CC1CCC=C[C@@H]2C[C@@]2(C(=O)NS(=O)(=O)C2(C)CC2)NC(=O)[C@@H]2C[C@@H](OC(=O)N3Cc4cccc(F)c4C3)CN2C(=O)[C@@H](N)[C@H](C)C1. The number of carbonyl (C=O) groups excluding carboxylic acids is 4. The highest BCUT2D eigenvalue weighted by Gasteiger charge is 2.63. The third-order valence-corrected chi connectivity index (χ3v) is 12.9. The van der Waals surface area contributed by atoms with Crippen molar-refractivity contribution in [3.63, 3.8) is 0 Å². The minimum Gasteiger partial charge on any atom is -0.444 e. The predicted molar refractivity (Wildman–Crippen MR) is 169 cm³/mol. The van der Waals surface area contributed by atoms with Crippen molar-refractivity contribution in [2.45, 2.75) is 107 Å². The first-order chi connectivity index (χ1) is 22.1. The number of halogens is 1. The Kier molecular flexibility index (Phi) is 8.65. The molecule has 2 saturated carbocycles. The van der Waals surface area contributed by atoms with E-state index in [4.69, 9.17) is 10.5 Å². The minimum atomic E-state index is -3.97. The molecule has 4 amide bonds. The third-order valence-electron chi connectivity index (χ3n) is 10.8. The maximum Gasteiger partial charge on any atom is 0.410 e. The second-order valence-corrected chi connectivity index (χ2v) is 16.7. The Labute approximate surface area is 274 Å². The molecule has 2 aliphatic carbocycles. The normalized spacial score (nSPS) is 33.5. The first-order valence-electron chi connectivity index (χ1n) is 16.5. The van der Waals surface area contributed by atoms with Gasteiger partial charge < -0.3 is 20.7 Å². The summed E-state index contributed by atoms with van der Waals surface area (Å²) in [5.74, 6) is -2.74. The van der Waals surface area contributed by atoms with Crippen LogP contribution in [0.4, 0.5) is 9.18 Å². The number of fused-ring (bicyclic) bond motifs is 3. The number of carbonyl (C=O) groups is 4. The van der Waals surface area contributed by atoms with Crippen LogP contribution in [0.15, 0.2) is 30.4 Å². The molecule has 6 rings (SSSR count). The molecule has 0 aromatic heterocycles. The zero-order chi connectivity index (χ0) is 33.9. The van der Waals surface area contributed by atoms with Crippen molar-refractivity contribution in [3.05, 3.63) is 47.3 Å². The number of nitrogens with zero attached hydrogens (tertiary/aromatic N) is 2. The largest absolute Gasteiger partial charge is 0.444 e. The standard InChI is InChI=1S/C33H44FN5O7S/c1-19-7-4-5-9-22-15-33(22,30(42)37-47(44,45)32(3)11-12-32)36-28(40)26-14-23(17-39(26)29(41)27(35)20(2)13-19)46-31(43)38-16-21-8-6-10-25(34)24(21)18-38/h5-6,8-10,19-20,22-23,26-27H,4,7,11-18,35H2,1-3H3,(H,36,40)(H,37,42)/t19?,20-,22-,23-,26+,27+,33-/m1/s1. The van der Waals surface area contributed by atoms with Gasteiger partial charge in [0.05, 0.1) is 23.9 Å². The van der Waals surface area contributed by atoms with Crippen molar-refractivity contribution in [1.82, 2.24) is 19.8 Å². The van der Waals surface area contributed by atoms with Crippen LogP contribution in [0.25, 0.3) is 0 Å². The monoisotopic (exact) mass is 673 g/mol. The molecule has 4 N–H and O–H groups in total. The molecule has 1 aromatic carbocycles. The molecule has 1 unspecified atom stereocenters. The van der Waals surface area contributed by atoms with Gasteiger partial charge in [0, 0.05) is 24.4 Å². The van der Waals surface area contributed by atoms with Crippen molar-refractivity contribution in [2.24, 2.45) is 23.5 Å². The van der Waals surface area contributed by atoms with E-state index in [-0.39, 0.29) is 44.3 Å². The van der Waals surface area contributed by atoms with E-state index in [1.54, 1.807) is 19.1 Å². The highest BCUT2D eigenvalue weighted by atomic mass is 32.2. The Balaban J connectivity index is 1.24. The third kappa shape index (κ3) is 6.38. The molecule has 0 radical (unpaired) electrons. The smallest absolute Gasteiger partial charge is 0.410 e. The van der Waals surface area contributed by atoms with Gasteiger partial charge in [-0.3, -0.25) is 24.0 Å². The lowest BCUT2D eigenvalue weighted by molar-refractivity contribution is -0.141. The van der Waals surface area contributed by atoms with E-state index in [9.17, 15) is 32.0 Å². The molecule has 47 heavy (non-hydrogen) atoms. The summed E-state index contributed by atoms with van der Waals surface area (Å²) >= 11 is 0. The van der Waals surface area contributed by atoms with Gasteiger partial charge in [-0.15, -0.1) is 0 Å². The van der Waals surface area contributed by atoms with Crippen LogP contribution in [0.3, 0.4) is 0 Å². The van der Waals surface area contributed by atoms with E-state index >= 15 is 0 Å². The molecule has 1 saturated heterocycles. The Hall–Kier alpha value is -3.52. The van der Waals surface area contributed by atoms with Crippen LogP contribution < -0.4 is 15.8 Å². The van der Waals surface area contributed by atoms with Crippen LogP contribution in [0, 0.1) is 23.6 Å². The Bertz CT molecular complexity index is 1610. The van der Waals surface area contributed by atoms with Gasteiger partial charge >= 0.3 is 6.09 Å². The predicted octanol–water partition coefficient (Wildman–Crippen LogP) is 2.46. The molecule has 3 fully saturated rings. The van der Waals surface area contributed by atoms with Gasteiger partial charge in [0.2, 0.25) is 21.8 Å². The lowest BCUT2D eigenvalue weighted by Gasteiger charge is -2.30. The summed E-state index contributed by atoms with van der Waals surface area (Å²) in [6, 6.07) is 2.61. The quantitative estimate of drug-likeness (QED) is 0.410. The summed E-state index contributed by atoms with van der Waals surface area (Å²) in [5.41, 5.74) is 6.07. The van der Waals surface area contributed by atoms with E-state index in [0.717, 1.165) is 6.42 Å². The number of benzene rings is 1. The zero-order valence-electron chi connectivity index (χ0n) is 27.0. The summed E-state index contributed by atoms with van der Waals surface area (Å²) in [5, 5.41) is 2.81. The van der Waals surface area contributed by atoms with Gasteiger partial charge in [-0.25, -0.2) is 17.6 Å². The average molecular weight is 674 g/mol. The number of nitrogens with one attached hydrogen (secondary N) is 2. The molecular weight excluding hydrogens is 629 g/mol. The maximum atomic E-state index is 14.3. The highest BCUT2D eigenvalue weighted by molar-refractivity contribution is 7.91. The lowest BCUT2D eigenvalue weighted by atomic mass is 9.88. The van der Waals surface area contributed by atoms with E-state index in [1.807, 2.05) is 19.1 Å². The lowest BCUT2D eigenvalue weighted by Crippen LogP contribution is -2.58. The molecular formula is C33H44FN5O7S. The highest BCUT2D eigenvalue weighted by Crippen LogP contribution is 2.47. The van der Waals surface area contributed by atoms with Crippen molar-refractivity contribution < 1.29 is 36.7 Å². The molecule has 1 aromatic rings. The maximum absolute atomic E-state index is 14.3. The van der Waals surface area contributed by atoms with Crippen LogP contribution in [-0.2, 0) is 42.2 Å². The van der Waals surface area contributed by atoms with Gasteiger partial charge in [0.25, 0.3) is 5.91 Å². The summed E-state index contributed by atoms with van der Waals surface area (Å²) in [7, 11) is -3.97. The number of allylic oxidation sites excluding steroid dienone is 1. The number of hydrogen-bond acceptors (Lipinski definition) is 8. The second-order valence-electron chi connectivity index (χ2n) is 14.5. The van der Waals surface area contributed by atoms with E-state index in [0.29, 0.717) is 36.8 Å². The van der Waals surface area contributed by atoms with Crippen LogP contribution in [-0.4, -0.2) is 77.1 Å². The number of sulfonamides is 1. The molecule has 3 aliphatic heterocycles. The van der Waals surface area contributed by atoms with Gasteiger partial charge in [0.15, 0.2) is 0 Å². The Morgan fingerprint density at radius 3 is 2.60 bits per heavy atom. The van der Waals surface area contributed by atoms with Crippen LogP contribution >= 0.6 is 0 Å². The summed E-state index contributed by atoms with van der Waals surface area (Å²) in [4.78, 5) is 57.4. The molecule has 0 bridgehead atoms. The average Bonchev–Trinajstić information content (AvgIpc) is 3.80. The molecule has 0 spiro atoms. The molecule has 14 heteroatoms. The van der Waals surface area contributed by atoms with Crippen molar-refractivity contribution >= 4 is 33.8 Å². The zero-order valence-corrected chi connectivity index (χ0v) is 27.9. The fourth-order valence-electron chi connectivity index (χ4n) is 7.14. The van der Waals surface area contributed by atoms with Gasteiger partial charge in [0.1, 0.15) is 23.5 Å². The summed E-state index contributed by atoms with van der Waals surface area (Å²) in [6.45, 7) is 5.67. The van der Waals surface area contributed by atoms with Crippen LogP contribution in [0.2, 0.25) is 0 Å². The van der Waals surface area contributed by atoms with Crippen molar-refractivity contribution in [3.8, 4) is 0 Å². The molecule has 5 aliphatic rings. The van der Waals surface area contributed by atoms with Gasteiger partial charge in [-0.05, 0) is 68.9 Å². The number of nitrogens with two attached hydrogens (primary N) is 1.